The van der Waals surface area contributed by atoms with Gasteiger partial charge in [-0.15, -0.1) is 0 Å². The summed E-state index contributed by atoms with van der Waals surface area (Å²) in [6.07, 6.45) is 3.82. The first-order chi connectivity index (χ1) is 13.7. The molecule has 28 heavy (non-hydrogen) atoms. The van der Waals surface area contributed by atoms with Crippen LogP contribution in [0.5, 0.6) is 11.5 Å². The lowest BCUT2D eigenvalue weighted by molar-refractivity contribution is -0.148. The minimum atomic E-state index is -0.172. The summed E-state index contributed by atoms with van der Waals surface area (Å²) in [5.74, 6) is 2.14. The van der Waals surface area contributed by atoms with Gasteiger partial charge in [0.05, 0.1) is 11.6 Å². The largest absolute Gasteiger partial charge is 0.486 e. The van der Waals surface area contributed by atoms with Gasteiger partial charge in [0.2, 0.25) is 5.91 Å². The molecule has 0 radical (unpaired) electrons. The highest BCUT2D eigenvalue weighted by molar-refractivity contribution is 5.98. The number of hydrogen-bond acceptors (Lipinski definition) is 5. The van der Waals surface area contributed by atoms with Gasteiger partial charge in [-0.1, -0.05) is 6.07 Å². The van der Waals surface area contributed by atoms with Gasteiger partial charge >= 0.3 is 0 Å². The fourth-order valence-electron chi connectivity index (χ4n) is 5.44. The van der Waals surface area contributed by atoms with Crippen LogP contribution in [0, 0.1) is 11.8 Å². The maximum atomic E-state index is 12.9. The van der Waals surface area contributed by atoms with Crippen LogP contribution in [0.2, 0.25) is 0 Å². The highest BCUT2D eigenvalue weighted by atomic mass is 16.6. The molecule has 1 aromatic rings. The molecule has 4 aliphatic heterocycles. The van der Waals surface area contributed by atoms with Crippen LogP contribution >= 0.6 is 0 Å². The molecule has 0 aromatic heterocycles. The molecule has 5 rings (SSSR count). The van der Waals surface area contributed by atoms with Crippen molar-refractivity contribution in [2.75, 3.05) is 32.8 Å². The number of ether oxygens (including phenoxy) is 2. The van der Waals surface area contributed by atoms with Crippen LogP contribution in [0.15, 0.2) is 18.2 Å². The number of carbonyl (C=O) groups excluding carboxylic acids is 2. The van der Waals surface area contributed by atoms with Gasteiger partial charge in [-0.3, -0.25) is 9.59 Å². The van der Waals surface area contributed by atoms with E-state index in [1.807, 2.05) is 12.1 Å². The number of para-hydroxylation sites is 1. The summed E-state index contributed by atoms with van der Waals surface area (Å²) in [4.78, 5) is 27.8. The van der Waals surface area contributed by atoms with Crippen molar-refractivity contribution in [2.24, 2.45) is 11.8 Å². The van der Waals surface area contributed by atoms with Crippen molar-refractivity contribution >= 4 is 11.8 Å². The normalized spacial score (nSPS) is 31.1. The number of amides is 2. The smallest absolute Gasteiger partial charge is 0.255 e. The molecule has 1 aromatic carbocycles. The predicted octanol–water partition coefficient (Wildman–Crippen LogP) is 1.18. The second kappa shape index (κ2) is 7.28. The van der Waals surface area contributed by atoms with Crippen molar-refractivity contribution < 1.29 is 19.1 Å². The van der Waals surface area contributed by atoms with Crippen LogP contribution < -0.4 is 20.1 Å². The number of fused-ring (bicyclic) bond motifs is 5. The summed E-state index contributed by atoms with van der Waals surface area (Å²) in [6, 6.07) is 5.76. The standard InChI is InChI=1S/C21H27N3O4/c25-19-6-2-4-16-13-9-14(11-22-10-13)17(24(16)19)12-23-21(26)15-3-1-5-18-20(15)28-8-7-27-18/h1,3,5,13-14,16-17,22H,2,4,6-12H2,(H,23,26)/t13-,14-,16-,17-/m0/s1. The Hall–Kier alpha value is -2.28. The van der Waals surface area contributed by atoms with Gasteiger partial charge in [0, 0.05) is 25.6 Å². The van der Waals surface area contributed by atoms with Crippen LogP contribution in [-0.2, 0) is 4.79 Å². The van der Waals surface area contributed by atoms with Gasteiger partial charge in [-0.05, 0) is 49.8 Å². The topological polar surface area (TPSA) is 79.9 Å². The zero-order valence-corrected chi connectivity index (χ0v) is 16.0. The van der Waals surface area contributed by atoms with E-state index in [1.165, 1.54) is 0 Å². The first-order valence-electron chi connectivity index (χ1n) is 10.4. The Labute approximate surface area is 164 Å². The van der Waals surface area contributed by atoms with Crippen LogP contribution in [0.3, 0.4) is 0 Å². The van der Waals surface area contributed by atoms with E-state index in [0.717, 1.165) is 32.4 Å². The average molecular weight is 385 g/mol. The van der Waals surface area contributed by atoms with Crippen molar-refractivity contribution in [1.82, 2.24) is 15.5 Å². The number of nitrogens with one attached hydrogen (secondary N) is 2. The Morgan fingerprint density at radius 2 is 2.07 bits per heavy atom. The van der Waals surface area contributed by atoms with Gasteiger partial charge in [-0.25, -0.2) is 0 Å². The van der Waals surface area contributed by atoms with Gasteiger partial charge < -0.3 is 25.0 Å². The van der Waals surface area contributed by atoms with E-state index in [0.29, 0.717) is 61.1 Å². The highest BCUT2D eigenvalue weighted by Gasteiger charge is 2.47. The quantitative estimate of drug-likeness (QED) is 0.817. The van der Waals surface area contributed by atoms with Crippen molar-refractivity contribution in [2.45, 2.75) is 37.8 Å². The Morgan fingerprint density at radius 3 is 3.00 bits per heavy atom. The van der Waals surface area contributed by atoms with Crippen LogP contribution in [0.4, 0.5) is 0 Å². The maximum absolute atomic E-state index is 12.9. The lowest BCUT2D eigenvalue weighted by Gasteiger charge is -2.54. The van der Waals surface area contributed by atoms with Crippen molar-refractivity contribution in [3.8, 4) is 11.5 Å². The molecule has 0 aliphatic carbocycles. The zero-order chi connectivity index (χ0) is 19.1. The van der Waals surface area contributed by atoms with Crippen LogP contribution in [0.1, 0.15) is 36.0 Å². The number of nitrogens with zero attached hydrogens (tertiary/aromatic N) is 1. The molecule has 2 amide bonds. The molecule has 7 heteroatoms. The van der Waals surface area contributed by atoms with Gasteiger partial charge in [0.15, 0.2) is 11.5 Å². The van der Waals surface area contributed by atoms with Crippen LogP contribution in [0.25, 0.3) is 0 Å². The van der Waals surface area contributed by atoms with E-state index in [9.17, 15) is 9.59 Å². The minimum absolute atomic E-state index is 0.0579. The highest BCUT2D eigenvalue weighted by Crippen LogP contribution is 2.39. The molecule has 7 nitrogen and oxygen atoms in total. The number of rotatable bonds is 3. The fraction of sp³-hybridized carbons (Fsp3) is 0.619. The fourth-order valence-corrected chi connectivity index (χ4v) is 5.44. The van der Waals surface area contributed by atoms with E-state index in [2.05, 4.69) is 15.5 Å². The summed E-state index contributed by atoms with van der Waals surface area (Å²) < 4.78 is 11.3. The number of benzene rings is 1. The zero-order valence-electron chi connectivity index (χ0n) is 16.0. The molecule has 0 spiro atoms. The van der Waals surface area contributed by atoms with Crippen molar-refractivity contribution in [1.29, 1.82) is 0 Å². The number of piperidine rings is 3. The minimum Gasteiger partial charge on any atom is -0.486 e. The summed E-state index contributed by atoms with van der Waals surface area (Å²) in [5.41, 5.74) is 0.495. The predicted molar refractivity (Wildman–Crippen MR) is 103 cm³/mol. The molecular weight excluding hydrogens is 358 g/mol. The van der Waals surface area contributed by atoms with E-state index >= 15 is 0 Å². The Morgan fingerprint density at radius 1 is 1.21 bits per heavy atom. The Kier molecular flexibility index (Phi) is 4.62. The van der Waals surface area contributed by atoms with E-state index in [4.69, 9.17) is 9.47 Å². The molecule has 4 aliphatic rings. The molecule has 2 bridgehead atoms. The maximum Gasteiger partial charge on any atom is 0.255 e. The third-order valence-corrected chi connectivity index (χ3v) is 6.68. The summed E-state index contributed by atoms with van der Waals surface area (Å²) >= 11 is 0. The van der Waals surface area contributed by atoms with E-state index in [-0.39, 0.29) is 17.9 Å². The number of carbonyl (C=O) groups is 2. The lowest BCUT2D eigenvalue weighted by Crippen LogP contribution is -2.66. The number of hydrogen-bond donors (Lipinski definition) is 2. The molecule has 2 N–H and O–H groups in total. The summed E-state index contributed by atoms with van der Waals surface area (Å²) in [5, 5.41) is 6.62. The average Bonchev–Trinajstić information content (AvgIpc) is 2.74. The molecule has 0 unspecified atom stereocenters. The first kappa shape index (κ1) is 17.8. The van der Waals surface area contributed by atoms with Gasteiger partial charge in [-0.2, -0.15) is 0 Å². The third kappa shape index (κ3) is 3.02. The molecule has 4 heterocycles. The molecule has 150 valence electrons. The van der Waals surface area contributed by atoms with E-state index < -0.39 is 0 Å². The van der Waals surface area contributed by atoms with Gasteiger partial charge in [0.25, 0.3) is 5.91 Å². The molecular formula is C21H27N3O4. The Balaban J connectivity index is 1.34. The lowest BCUT2D eigenvalue weighted by atomic mass is 9.72. The molecule has 3 fully saturated rings. The molecule has 4 atom stereocenters. The second-order valence-electron chi connectivity index (χ2n) is 8.28. The molecule has 3 saturated heterocycles. The SMILES string of the molecule is O=C(NC[C@H]1[C@@H]2CNC[C@H](C2)[C@@H]2CCCC(=O)N21)c1cccc2c1OCCO2. The van der Waals surface area contributed by atoms with Crippen molar-refractivity contribution in [3.63, 3.8) is 0 Å². The van der Waals surface area contributed by atoms with Gasteiger partial charge in [0.1, 0.15) is 13.2 Å². The van der Waals surface area contributed by atoms with Crippen molar-refractivity contribution in [3.05, 3.63) is 23.8 Å². The monoisotopic (exact) mass is 385 g/mol. The first-order valence-corrected chi connectivity index (χ1v) is 10.4. The Bertz CT molecular complexity index is 783. The summed E-state index contributed by atoms with van der Waals surface area (Å²) in [7, 11) is 0. The van der Waals surface area contributed by atoms with E-state index in [1.54, 1.807) is 6.07 Å². The molecule has 0 saturated carbocycles. The van der Waals surface area contributed by atoms with Crippen LogP contribution in [-0.4, -0.2) is 61.6 Å². The third-order valence-electron chi connectivity index (χ3n) is 6.68. The summed E-state index contributed by atoms with van der Waals surface area (Å²) in [6.45, 7) is 3.32. The second-order valence-corrected chi connectivity index (χ2v) is 8.28.